The molecule has 72 valence electrons. The van der Waals surface area contributed by atoms with Crippen molar-refractivity contribution in [2.45, 2.75) is 36.6 Å². The second-order valence-electron chi connectivity index (χ2n) is 3.27. The fourth-order valence-corrected chi connectivity index (χ4v) is 0.711. The number of rotatable bonds is 2. The molecule has 0 radical (unpaired) electrons. The van der Waals surface area contributed by atoms with E-state index in [2.05, 4.69) is 0 Å². The Morgan fingerprint density at radius 3 is 1.92 bits per heavy atom. The Balaban J connectivity index is 4.05. The predicted molar refractivity (Wildman–Crippen MR) is 51.0 cm³/mol. The molecule has 0 aromatic carbocycles. The van der Waals surface area contributed by atoms with Crippen LogP contribution in [0.15, 0.2) is 0 Å². The topological polar surface area (TPSA) is 26.3 Å². The van der Waals surface area contributed by atoms with Crippen molar-refractivity contribution >= 4 is 40.8 Å². The average molecular weight is 234 g/mol. The third-order valence-corrected chi connectivity index (χ3v) is 2.05. The van der Waals surface area contributed by atoms with E-state index in [1.807, 2.05) is 0 Å². The summed E-state index contributed by atoms with van der Waals surface area (Å²) in [7, 11) is 0. The number of carbonyl (C=O) groups is 1. The van der Waals surface area contributed by atoms with E-state index in [9.17, 15) is 4.79 Å². The first-order valence-corrected chi connectivity index (χ1v) is 4.70. The zero-order valence-corrected chi connectivity index (χ0v) is 9.37. The standard InChI is InChI=1S/C7H11Cl3O2/c1-7(2,3)12-6(11)4(8)5(9)10/h4-5H,1-3H3. The Morgan fingerprint density at radius 2 is 1.67 bits per heavy atom. The van der Waals surface area contributed by atoms with Gasteiger partial charge in [0.05, 0.1) is 0 Å². The maximum Gasteiger partial charge on any atom is 0.327 e. The van der Waals surface area contributed by atoms with Crippen LogP contribution in [0.25, 0.3) is 0 Å². The molecule has 0 aliphatic carbocycles. The average Bonchev–Trinajstić information content (AvgIpc) is 1.82. The van der Waals surface area contributed by atoms with Gasteiger partial charge in [-0.15, -0.1) is 34.8 Å². The van der Waals surface area contributed by atoms with Crippen LogP contribution in [0.2, 0.25) is 0 Å². The monoisotopic (exact) mass is 232 g/mol. The van der Waals surface area contributed by atoms with Crippen LogP contribution in [0.1, 0.15) is 20.8 Å². The molecule has 0 heterocycles. The van der Waals surface area contributed by atoms with E-state index in [0.29, 0.717) is 0 Å². The predicted octanol–water partition coefficient (Wildman–Crippen LogP) is 2.74. The van der Waals surface area contributed by atoms with E-state index in [1.165, 1.54) is 0 Å². The highest BCUT2D eigenvalue weighted by Crippen LogP contribution is 2.18. The van der Waals surface area contributed by atoms with Crippen molar-refractivity contribution in [3.63, 3.8) is 0 Å². The molecule has 1 atom stereocenters. The fourth-order valence-electron chi connectivity index (χ4n) is 0.461. The van der Waals surface area contributed by atoms with Crippen LogP contribution in [0.5, 0.6) is 0 Å². The lowest BCUT2D eigenvalue weighted by atomic mass is 10.2. The first-order chi connectivity index (χ1) is 5.24. The number of halogens is 3. The molecule has 2 nitrogen and oxygen atoms in total. The zero-order valence-electron chi connectivity index (χ0n) is 7.11. The van der Waals surface area contributed by atoms with Crippen LogP contribution in [-0.2, 0) is 9.53 Å². The van der Waals surface area contributed by atoms with Gasteiger partial charge in [0, 0.05) is 0 Å². The molecule has 0 aromatic rings. The van der Waals surface area contributed by atoms with Gasteiger partial charge in [-0.05, 0) is 20.8 Å². The van der Waals surface area contributed by atoms with E-state index in [0.717, 1.165) is 0 Å². The van der Waals surface area contributed by atoms with Crippen molar-refractivity contribution in [3.8, 4) is 0 Å². The minimum atomic E-state index is -1.01. The first kappa shape index (κ1) is 12.3. The summed E-state index contributed by atoms with van der Waals surface area (Å²) in [6.07, 6.45) is 0. The van der Waals surface area contributed by atoms with Gasteiger partial charge < -0.3 is 4.74 Å². The quantitative estimate of drug-likeness (QED) is 0.541. The molecule has 0 aromatic heterocycles. The highest BCUT2D eigenvalue weighted by Gasteiger charge is 2.27. The van der Waals surface area contributed by atoms with E-state index in [-0.39, 0.29) is 0 Å². The van der Waals surface area contributed by atoms with E-state index in [4.69, 9.17) is 39.5 Å². The summed E-state index contributed by atoms with van der Waals surface area (Å²) in [5.41, 5.74) is -0.563. The van der Waals surface area contributed by atoms with Crippen LogP contribution in [0.3, 0.4) is 0 Å². The van der Waals surface area contributed by atoms with Crippen molar-refractivity contribution in [1.82, 2.24) is 0 Å². The first-order valence-electron chi connectivity index (χ1n) is 3.39. The Bertz CT molecular complexity index is 163. The molecule has 0 fully saturated rings. The molecule has 0 saturated heterocycles. The summed E-state index contributed by atoms with van der Waals surface area (Å²) in [5.74, 6) is -0.598. The van der Waals surface area contributed by atoms with Gasteiger partial charge in [0.25, 0.3) is 0 Å². The molecule has 0 bridgehead atoms. The minimum absolute atomic E-state index is 0.563. The molecule has 0 aliphatic heterocycles. The van der Waals surface area contributed by atoms with Gasteiger partial charge in [0.1, 0.15) is 10.4 Å². The summed E-state index contributed by atoms with van der Waals surface area (Å²) in [6, 6.07) is 0. The van der Waals surface area contributed by atoms with Gasteiger partial charge in [-0.1, -0.05) is 0 Å². The number of alkyl halides is 3. The van der Waals surface area contributed by atoms with Crippen molar-refractivity contribution in [1.29, 1.82) is 0 Å². The molecule has 5 heteroatoms. The summed E-state index contributed by atoms with van der Waals surface area (Å²) in [5, 5.41) is -1.01. The van der Waals surface area contributed by atoms with Crippen molar-refractivity contribution in [2.75, 3.05) is 0 Å². The maximum absolute atomic E-state index is 11.1. The van der Waals surface area contributed by atoms with Crippen LogP contribution in [0, 0.1) is 0 Å². The maximum atomic E-state index is 11.1. The molecule has 0 amide bonds. The molecular weight excluding hydrogens is 222 g/mol. The number of hydrogen-bond acceptors (Lipinski definition) is 2. The molecular formula is C7H11Cl3O2. The highest BCUT2D eigenvalue weighted by atomic mass is 35.5. The third-order valence-electron chi connectivity index (χ3n) is 0.853. The largest absolute Gasteiger partial charge is 0.459 e. The Morgan fingerprint density at radius 1 is 1.25 bits per heavy atom. The Hall–Kier alpha value is 0.340. The van der Waals surface area contributed by atoms with Crippen LogP contribution < -0.4 is 0 Å². The normalized spacial score (nSPS) is 14.6. The van der Waals surface area contributed by atoms with Gasteiger partial charge in [-0.25, -0.2) is 0 Å². The van der Waals surface area contributed by atoms with Gasteiger partial charge in [-0.2, -0.15) is 0 Å². The summed E-state index contributed by atoms with van der Waals surface area (Å²) >= 11 is 16.3. The molecule has 12 heavy (non-hydrogen) atoms. The van der Waals surface area contributed by atoms with Crippen LogP contribution in [0.4, 0.5) is 0 Å². The van der Waals surface area contributed by atoms with E-state index >= 15 is 0 Å². The van der Waals surface area contributed by atoms with Crippen LogP contribution in [-0.4, -0.2) is 21.8 Å². The molecule has 1 unspecified atom stereocenters. The summed E-state index contributed by atoms with van der Waals surface area (Å²) in [6.45, 7) is 5.23. The molecule has 0 N–H and O–H groups in total. The van der Waals surface area contributed by atoms with Gasteiger partial charge >= 0.3 is 5.97 Å². The van der Waals surface area contributed by atoms with E-state index in [1.54, 1.807) is 20.8 Å². The number of ether oxygens (including phenoxy) is 1. The van der Waals surface area contributed by atoms with Gasteiger partial charge in [0.2, 0.25) is 0 Å². The number of esters is 1. The molecule has 0 rings (SSSR count). The zero-order chi connectivity index (χ0) is 9.94. The van der Waals surface area contributed by atoms with Gasteiger partial charge in [0.15, 0.2) is 5.38 Å². The van der Waals surface area contributed by atoms with Crippen molar-refractivity contribution < 1.29 is 9.53 Å². The van der Waals surface area contributed by atoms with Crippen molar-refractivity contribution in [3.05, 3.63) is 0 Å². The second kappa shape index (κ2) is 4.54. The van der Waals surface area contributed by atoms with Gasteiger partial charge in [-0.3, -0.25) is 4.79 Å². The van der Waals surface area contributed by atoms with Crippen LogP contribution >= 0.6 is 34.8 Å². The summed E-state index contributed by atoms with van der Waals surface area (Å²) < 4.78 is 4.92. The lowest BCUT2D eigenvalue weighted by Crippen LogP contribution is -2.32. The second-order valence-corrected chi connectivity index (χ2v) is 4.90. The lowest BCUT2D eigenvalue weighted by molar-refractivity contribution is -0.154. The van der Waals surface area contributed by atoms with Crippen molar-refractivity contribution in [2.24, 2.45) is 0 Å². The molecule has 0 aliphatic rings. The minimum Gasteiger partial charge on any atom is -0.459 e. The fraction of sp³-hybridized carbons (Fsp3) is 0.857. The van der Waals surface area contributed by atoms with E-state index < -0.39 is 21.8 Å². The SMILES string of the molecule is CC(C)(C)OC(=O)C(Cl)C(Cl)Cl. The Labute approximate surface area is 87.1 Å². The lowest BCUT2D eigenvalue weighted by Gasteiger charge is -2.21. The number of carbonyl (C=O) groups excluding carboxylic acids is 1. The summed E-state index contributed by atoms with van der Waals surface area (Å²) in [4.78, 5) is 10.1. The number of hydrogen-bond donors (Lipinski definition) is 0. The highest BCUT2D eigenvalue weighted by molar-refractivity contribution is 6.51. The third kappa shape index (κ3) is 5.07. The molecule has 0 saturated carbocycles. The smallest absolute Gasteiger partial charge is 0.327 e. The Kier molecular flexibility index (Phi) is 4.67. The molecule has 0 spiro atoms.